The summed E-state index contributed by atoms with van der Waals surface area (Å²) in [6.45, 7) is 2.70. The largest absolute Gasteiger partial charge is 0.375 e. The Morgan fingerprint density at radius 1 is 1.50 bits per heavy atom. The smallest absolute Gasteiger partial charge is 0.273 e. The summed E-state index contributed by atoms with van der Waals surface area (Å²) in [4.78, 5) is 18.6. The molecule has 1 fully saturated rings. The molecule has 1 saturated carbocycles. The molecule has 0 radical (unpaired) electrons. The zero-order chi connectivity index (χ0) is 14.1. The lowest BCUT2D eigenvalue weighted by Crippen LogP contribution is -2.32. The summed E-state index contributed by atoms with van der Waals surface area (Å²) in [6, 6.07) is 8.63. The van der Waals surface area contributed by atoms with Crippen molar-refractivity contribution in [3.05, 3.63) is 46.5 Å². The minimum absolute atomic E-state index is 0.0121. The minimum atomic E-state index is -0.0121. The van der Waals surface area contributed by atoms with E-state index in [1.165, 1.54) is 16.9 Å². The van der Waals surface area contributed by atoms with Crippen LogP contribution in [0.3, 0.4) is 0 Å². The average Bonchev–Trinajstić information content (AvgIpc) is 3.17. The Morgan fingerprint density at radius 2 is 2.30 bits per heavy atom. The number of anilines is 1. The molecule has 0 bridgehead atoms. The molecule has 5 heteroatoms. The molecule has 1 aromatic heterocycles. The Kier molecular flexibility index (Phi) is 3.44. The second-order valence-electron chi connectivity index (χ2n) is 5.22. The number of nitrogens with zero attached hydrogens (tertiary/aromatic N) is 2. The number of rotatable bonds is 4. The Bertz CT molecular complexity index is 634. The van der Waals surface area contributed by atoms with Gasteiger partial charge in [-0.3, -0.25) is 4.79 Å². The first-order valence-electron chi connectivity index (χ1n) is 6.71. The van der Waals surface area contributed by atoms with Gasteiger partial charge in [-0.2, -0.15) is 0 Å². The summed E-state index contributed by atoms with van der Waals surface area (Å²) in [5.41, 5.74) is 8.45. The van der Waals surface area contributed by atoms with Gasteiger partial charge in [-0.1, -0.05) is 29.8 Å². The summed E-state index contributed by atoms with van der Waals surface area (Å²) in [6.07, 6.45) is 2.16. The van der Waals surface area contributed by atoms with E-state index in [-0.39, 0.29) is 5.91 Å². The monoisotopic (exact) mass is 287 g/mol. The van der Waals surface area contributed by atoms with Crippen LogP contribution < -0.4 is 5.73 Å². The number of hydrogen-bond acceptors (Lipinski definition) is 4. The van der Waals surface area contributed by atoms with Crippen molar-refractivity contribution >= 4 is 22.4 Å². The van der Waals surface area contributed by atoms with E-state index in [2.05, 4.69) is 30.1 Å². The molecular weight excluding hydrogens is 270 g/mol. The highest BCUT2D eigenvalue weighted by Gasteiger charge is 2.33. The number of amides is 1. The van der Waals surface area contributed by atoms with Gasteiger partial charge in [-0.15, -0.1) is 11.3 Å². The molecule has 4 nitrogen and oxygen atoms in total. The maximum Gasteiger partial charge on any atom is 0.273 e. The zero-order valence-electron chi connectivity index (χ0n) is 11.4. The van der Waals surface area contributed by atoms with Gasteiger partial charge in [0.2, 0.25) is 0 Å². The molecule has 1 aromatic carbocycles. The number of nitrogens with two attached hydrogens (primary N) is 1. The molecule has 0 atom stereocenters. The molecule has 104 valence electrons. The maximum atomic E-state index is 12.5. The van der Waals surface area contributed by atoms with E-state index in [9.17, 15) is 4.79 Å². The van der Waals surface area contributed by atoms with Crippen molar-refractivity contribution in [2.75, 3.05) is 5.73 Å². The minimum Gasteiger partial charge on any atom is -0.375 e. The second kappa shape index (κ2) is 5.25. The van der Waals surface area contributed by atoms with Gasteiger partial charge in [0.05, 0.1) is 0 Å². The van der Waals surface area contributed by atoms with Crippen LogP contribution in [0, 0.1) is 6.92 Å². The van der Waals surface area contributed by atoms with E-state index in [0.717, 1.165) is 18.4 Å². The number of hydrogen-bond donors (Lipinski definition) is 1. The van der Waals surface area contributed by atoms with Crippen LogP contribution in [-0.2, 0) is 6.54 Å². The molecule has 0 unspecified atom stereocenters. The van der Waals surface area contributed by atoms with Gasteiger partial charge in [-0.25, -0.2) is 4.98 Å². The normalized spacial score (nSPS) is 14.2. The van der Waals surface area contributed by atoms with Crippen LogP contribution in [0.5, 0.6) is 0 Å². The van der Waals surface area contributed by atoms with Crippen LogP contribution in [0.2, 0.25) is 0 Å². The Labute approximate surface area is 122 Å². The Hall–Kier alpha value is -1.88. The first-order valence-corrected chi connectivity index (χ1v) is 7.59. The predicted octanol–water partition coefficient (Wildman–Crippen LogP) is 2.84. The standard InChI is InChI=1S/C15H17N3OS/c1-10-3-2-4-11(7-10)8-18(12-5-6-12)14(19)13-9-20-15(16)17-13/h2-4,7,9,12H,5-6,8H2,1H3,(H2,16,17). The van der Waals surface area contributed by atoms with Crippen molar-refractivity contribution < 1.29 is 4.79 Å². The number of benzene rings is 1. The quantitative estimate of drug-likeness (QED) is 0.940. The molecule has 1 aliphatic carbocycles. The molecule has 3 rings (SSSR count). The first-order chi connectivity index (χ1) is 9.63. The third kappa shape index (κ3) is 2.82. The van der Waals surface area contributed by atoms with E-state index in [4.69, 9.17) is 5.73 Å². The molecule has 2 aromatic rings. The van der Waals surface area contributed by atoms with Gasteiger partial charge in [0.1, 0.15) is 5.69 Å². The van der Waals surface area contributed by atoms with Crippen LogP contribution >= 0.6 is 11.3 Å². The zero-order valence-corrected chi connectivity index (χ0v) is 12.2. The first kappa shape index (κ1) is 13.1. The SMILES string of the molecule is Cc1cccc(CN(C(=O)c2csc(N)n2)C2CC2)c1. The lowest BCUT2D eigenvalue weighted by Gasteiger charge is -2.21. The fourth-order valence-corrected chi connectivity index (χ4v) is 2.83. The molecule has 0 aliphatic heterocycles. The molecule has 1 amide bonds. The third-order valence-electron chi connectivity index (χ3n) is 3.42. The van der Waals surface area contributed by atoms with E-state index in [1.807, 2.05) is 11.0 Å². The van der Waals surface area contributed by atoms with E-state index in [1.54, 1.807) is 5.38 Å². The highest BCUT2D eigenvalue weighted by Crippen LogP contribution is 2.30. The van der Waals surface area contributed by atoms with Gasteiger partial charge in [0.15, 0.2) is 5.13 Å². The second-order valence-corrected chi connectivity index (χ2v) is 6.11. The Balaban J connectivity index is 1.81. The topological polar surface area (TPSA) is 59.2 Å². The Morgan fingerprint density at radius 3 is 2.90 bits per heavy atom. The van der Waals surface area contributed by atoms with E-state index in [0.29, 0.717) is 23.4 Å². The van der Waals surface area contributed by atoms with Crippen LogP contribution in [-0.4, -0.2) is 21.8 Å². The maximum absolute atomic E-state index is 12.5. The van der Waals surface area contributed by atoms with Gasteiger partial charge < -0.3 is 10.6 Å². The van der Waals surface area contributed by atoms with Gasteiger partial charge in [-0.05, 0) is 25.3 Å². The number of aromatic nitrogens is 1. The number of thiazole rings is 1. The van der Waals surface area contributed by atoms with Crippen molar-refractivity contribution in [1.82, 2.24) is 9.88 Å². The van der Waals surface area contributed by atoms with Crippen LogP contribution in [0.1, 0.15) is 34.5 Å². The van der Waals surface area contributed by atoms with E-state index < -0.39 is 0 Å². The predicted molar refractivity (Wildman–Crippen MR) is 80.6 cm³/mol. The molecule has 20 heavy (non-hydrogen) atoms. The van der Waals surface area contributed by atoms with Crippen molar-refractivity contribution in [1.29, 1.82) is 0 Å². The third-order valence-corrected chi connectivity index (χ3v) is 4.10. The number of aryl methyl sites for hydroxylation is 1. The molecule has 2 N–H and O–H groups in total. The van der Waals surface area contributed by atoms with Crippen LogP contribution in [0.15, 0.2) is 29.6 Å². The van der Waals surface area contributed by atoms with Crippen molar-refractivity contribution in [2.24, 2.45) is 0 Å². The fraction of sp³-hybridized carbons (Fsp3) is 0.333. The summed E-state index contributed by atoms with van der Waals surface area (Å²) in [5.74, 6) is -0.0121. The molecule has 0 saturated heterocycles. The molecule has 0 spiro atoms. The number of carbonyl (C=O) groups is 1. The lowest BCUT2D eigenvalue weighted by atomic mass is 10.1. The van der Waals surface area contributed by atoms with Gasteiger partial charge >= 0.3 is 0 Å². The lowest BCUT2D eigenvalue weighted by molar-refractivity contribution is 0.0725. The van der Waals surface area contributed by atoms with Crippen LogP contribution in [0.4, 0.5) is 5.13 Å². The van der Waals surface area contributed by atoms with Crippen molar-refractivity contribution in [3.63, 3.8) is 0 Å². The van der Waals surface area contributed by atoms with Crippen LogP contribution in [0.25, 0.3) is 0 Å². The van der Waals surface area contributed by atoms with Crippen molar-refractivity contribution in [2.45, 2.75) is 32.4 Å². The van der Waals surface area contributed by atoms with E-state index >= 15 is 0 Å². The highest BCUT2D eigenvalue weighted by molar-refractivity contribution is 7.13. The average molecular weight is 287 g/mol. The molecular formula is C15H17N3OS. The molecule has 1 aliphatic rings. The highest BCUT2D eigenvalue weighted by atomic mass is 32.1. The number of carbonyl (C=O) groups excluding carboxylic acids is 1. The molecule has 1 heterocycles. The fourth-order valence-electron chi connectivity index (χ4n) is 2.29. The summed E-state index contributed by atoms with van der Waals surface area (Å²) in [7, 11) is 0. The summed E-state index contributed by atoms with van der Waals surface area (Å²) < 4.78 is 0. The van der Waals surface area contributed by atoms with Gasteiger partial charge in [0.25, 0.3) is 5.91 Å². The summed E-state index contributed by atoms with van der Waals surface area (Å²) >= 11 is 1.31. The number of nitrogen functional groups attached to an aromatic ring is 1. The van der Waals surface area contributed by atoms with Gasteiger partial charge in [0, 0.05) is 18.0 Å². The van der Waals surface area contributed by atoms with Crippen molar-refractivity contribution in [3.8, 4) is 0 Å². The summed E-state index contributed by atoms with van der Waals surface area (Å²) in [5, 5.41) is 2.18.